The maximum atomic E-state index is 14.5. The van der Waals surface area contributed by atoms with Crippen LogP contribution in [0.5, 0.6) is 0 Å². The summed E-state index contributed by atoms with van der Waals surface area (Å²) in [5, 5.41) is 0.970. The molecule has 1 aliphatic carbocycles. The van der Waals surface area contributed by atoms with E-state index in [2.05, 4.69) is 16.0 Å². The van der Waals surface area contributed by atoms with E-state index >= 15 is 0 Å². The molecular formula is C21H17FN4OS2. The summed E-state index contributed by atoms with van der Waals surface area (Å²) in [5.41, 5.74) is 2.05. The molecule has 0 saturated heterocycles. The third kappa shape index (κ3) is 3.32. The van der Waals surface area contributed by atoms with Crippen LogP contribution in [0.25, 0.3) is 22.0 Å². The summed E-state index contributed by atoms with van der Waals surface area (Å²) in [4.78, 5) is 27.5. The van der Waals surface area contributed by atoms with Gasteiger partial charge in [-0.15, -0.1) is 11.3 Å². The molecule has 0 saturated carbocycles. The lowest BCUT2D eigenvalue weighted by Gasteiger charge is -2.12. The van der Waals surface area contributed by atoms with Gasteiger partial charge in [-0.3, -0.25) is 9.36 Å². The maximum absolute atomic E-state index is 14.5. The fourth-order valence-electron chi connectivity index (χ4n) is 3.46. The number of aromatic nitrogens is 4. The third-order valence-electron chi connectivity index (χ3n) is 4.79. The number of halogens is 1. The smallest absolute Gasteiger partial charge is 0.267 e. The average molecular weight is 425 g/mol. The highest BCUT2D eigenvalue weighted by atomic mass is 32.2. The number of thiophene rings is 1. The van der Waals surface area contributed by atoms with Gasteiger partial charge < -0.3 is 4.98 Å². The SMILES string of the molecule is Cc1cc2c(=O)n(-c3ccccc3F)c(SCc3nc4c([nH]3)CCC=C4)nc2s1. The maximum Gasteiger partial charge on any atom is 0.267 e. The van der Waals surface area contributed by atoms with Gasteiger partial charge in [-0.1, -0.05) is 30.0 Å². The minimum Gasteiger partial charge on any atom is -0.345 e. The number of benzene rings is 1. The van der Waals surface area contributed by atoms with Crippen LogP contribution in [0.3, 0.4) is 0 Å². The Morgan fingerprint density at radius 1 is 1.31 bits per heavy atom. The monoisotopic (exact) mass is 424 g/mol. The molecule has 0 atom stereocenters. The van der Waals surface area contributed by atoms with Gasteiger partial charge in [0.15, 0.2) is 5.16 Å². The first kappa shape index (κ1) is 18.3. The lowest BCUT2D eigenvalue weighted by atomic mass is 10.1. The standard InChI is InChI=1S/C21H17FN4OS2/c1-12-10-13-19(29-12)25-21(26(20(13)27)17-9-5-2-6-14(17)22)28-11-18-23-15-7-3-4-8-16(15)24-18/h2-3,5-7,9-10H,4,8,11H2,1H3,(H,23,24). The summed E-state index contributed by atoms with van der Waals surface area (Å²) < 4.78 is 15.9. The van der Waals surface area contributed by atoms with Crippen molar-refractivity contribution in [3.63, 3.8) is 0 Å². The van der Waals surface area contributed by atoms with Gasteiger partial charge in [-0.2, -0.15) is 0 Å². The number of imidazole rings is 1. The highest BCUT2D eigenvalue weighted by Crippen LogP contribution is 2.29. The van der Waals surface area contributed by atoms with Gasteiger partial charge in [0.25, 0.3) is 5.56 Å². The Labute approximate surface area is 174 Å². The van der Waals surface area contributed by atoms with Crippen molar-refractivity contribution < 1.29 is 4.39 Å². The Bertz CT molecular complexity index is 1320. The molecule has 0 radical (unpaired) electrons. The molecule has 1 aliphatic rings. The van der Waals surface area contributed by atoms with E-state index in [1.165, 1.54) is 33.7 Å². The lowest BCUT2D eigenvalue weighted by Crippen LogP contribution is -2.22. The molecule has 0 spiro atoms. The van der Waals surface area contributed by atoms with Crippen molar-refractivity contribution >= 4 is 39.4 Å². The molecule has 3 heterocycles. The molecule has 1 aromatic carbocycles. The van der Waals surface area contributed by atoms with Crippen molar-refractivity contribution in [2.75, 3.05) is 0 Å². The van der Waals surface area contributed by atoms with E-state index in [0.29, 0.717) is 21.1 Å². The van der Waals surface area contributed by atoms with Crippen molar-refractivity contribution in [2.45, 2.75) is 30.7 Å². The molecule has 29 heavy (non-hydrogen) atoms. The number of nitrogens with zero attached hydrogens (tertiary/aromatic N) is 3. The first-order valence-electron chi connectivity index (χ1n) is 9.25. The molecule has 0 unspecified atom stereocenters. The molecule has 5 rings (SSSR count). The number of para-hydroxylation sites is 1. The molecule has 5 nitrogen and oxygen atoms in total. The van der Waals surface area contributed by atoms with Gasteiger partial charge in [0.05, 0.1) is 22.5 Å². The molecule has 0 amide bonds. The summed E-state index contributed by atoms with van der Waals surface area (Å²) in [6.45, 7) is 1.94. The van der Waals surface area contributed by atoms with Crippen molar-refractivity contribution in [3.8, 4) is 5.69 Å². The van der Waals surface area contributed by atoms with E-state index in [1.54, 1.807) is 18.2 Å². The summed E-state index contributed by atoms with van der Waals surface area (Å²) in [7, 11) is 0. The van der Waals surface area contributed by atoms with Crippen molar-refractivity contribution in [2.24, 2.45) is 0 Å². The molecule has 0 fully saturated rings. The van der Waals surface area contributed by atoms with Crippen LogP contribution in [-0.2, 0) is 12.2 Å². The molecule has 146 valence electrons. The molecular weight excluding hydrogens is 407 g/mol. The van der Waals surface area contributed by atoms with Crippen molar-refractivity contribution in [1.82, 2.24) is 19.5 Å². The van der Waals surface area contributed by atoms with Crippen molar-refractivity contribution in [1.29, 1.82) is 0 Å². The molecule has 4 aromatic rings. The number of allylic oxidation sites excluding steroid dienone is 1. The zero-order valence-corrected chi connectivity index (χ0v) is 17.2. The number of rotatable bonds is 4. The number of nitrogens with one attached hydrogen (secondary N) is 1. The van der Waals surface area contributed by atoms with E-state index in [-0.39, 0.29) is 11.2 Å². The first-order chi connectivity index (χ1) is 14.1. The highest BCUT2D eigenvalue weighted by Gasteiger charge is 2.18. The van der Waals surface area contributed by atoms with Gasteiger partial charge >= 0.3 is 0 Å². The number of H-pyrrole nitrogens is 1. The van der Waals surface area contributed by atoms with E-state index in [0.717, 1.165) is 34.9 Å². The van der Waals surface area contributed by atoms with E-state index in [9.17, 15) is 9.18 Å². The first-order valence-corrected chi connectivity index (χ1v) is 11.1. The van der Waals surface area contributed by atoms with Crippen LogP contribution in [0, 0.1) is 12.7 Å². The second-order valence-electron chi connectivity index (χ2n) is 6.84. The highest BCUT2D eigenvalue weighted by molar-refractivity contribution is 7.98. The van der Waals surface area contributed by atoms with Crippen molar-refractivity contribution in [3.05, 3.63) is 74.7 Å². The van der Waals surface area contributed by atoms with E-state index < -0.39 is 5.82 Å². The fourth-order valence-corrected chi connectivity index (χ4v) is 5.25. The second-order valence-corrected chi connectivity index (χ2v) is 9.02. The van der Waals surface area contributed by atoms with Crippen LogP contribution in [-0.4, -0.2) is 19.5 Å². The Morgan fingerprint density at radius 3 is 3.00 bits per heavy atom. The third-order valence-corrected chi connectivity index (χ3v) is 6.68. The zero-order chi connectivity index (χ0) is 20.0. The lowest BCUT2D eigenvalue weighted by molar-refractivity contribution is 0.608. The number of hydrogen-bond acceptors (Lipinski definition) is 5. The van der Waals surface area contributed by atoms with Crippen LogP contribution >= 0.6 is 23.1 Å². The predicted octanol–water partition coefficient (Wildman–Crippen LogP) is 4.87. The van der Waals surface area contributed by atoms with Crippen LogP contribution in [0.4, 0.5) is 4.39 Å². The van der Waals surface area contributed by atoms with E-state index in [4.69, 9.17) is 4.98 Å². The zero-order valence-electron chi connectivity index (χ0n) is 15.6. The summed E-state index contributed by atoms with van der Waals surface area (Å²) in [5.74, 6) is 0.879. The minimum absolute atomic E-state index is 0.208. The Hall–Kier alpha value is -2.71. The van der Waals surface area contributed by atoms with Crippen LogP contribution in [0.2, 0.25) is 0 Å². The normalized spacial score (nSPS) is 13.2. The van der Waals surface area contributed by atoms with Gasteiger partial charge in [-0.05, 0) is 44.0 Å². The summed E-state index contributed by atoms with van der Waals surface area (Å²) in [6.07, 6.45) is 6.09. The minimum atomic E-state index is -0.455. The Kier molecular flexibility index (Phi) is 4.60. The number of thioether (sulfide) groups is 1. The topological polar surface area (TPSA) is 63.6 Å². The van der Waals surface area contributed by atoms with Gasteiger partial charge in [0.2, 0.25) is 0 Å². The van der Waals surface area contributed by atoms with Crippen LogP contribution in [0.1, 0.15) is 28.5 Å². The summed E-state index contributed by atoms with van der Waals surface area (Å²) in [6, 6.07) is 8.09. The van der Waals surface area contributed by atoms with Gasteiger partial charge in [0.1, 0.15) is 16.5 Å². The van der Waals surface area contributed by atoms with Crippen LogP contribution < -0.4 is 5.56 Å². The molecule has 0 aliphatic heterocycles. The van der Waals surface area contributed by atoms with Gasteiger partial charge in [0, 0.05) is 10.6 Å². The Morgan fingerprint density at radius 2 is 2.17 bits per heavy atom. The molecule has 3 aromatic heterocycles. The largest absolute Gasteiger partial charge is 0.345 e. The predicted molar refractivity (Wildman–Crippen MR) is 115 cm³/mol. The number of fused-ring (bicyclic) bond motifs is 2. The van der Waals surface area contributed by atoms with Crippen LogP contribution in [0.15, 0.2) is 46.4 Å². The fraction of sp³-hybridized carbons (Fsp3) is 0.190. The number of hydrogen-bond donors (Lipinski definition) is 1. The number of aryl methyl sites for hydroxylation is 2. The quantitative estimate of drug-likeness (QED) is 0.375. The Balaban J connectivity index is 1.59. The number of aromatic amines is 1. The second kappa shape index (κ2) is 7.27. The molecule has 8 heteroatoms. The average Bonchev–Trinajstić information content (AvgIpc) is 3.30. The molecule has 1 N–H and O–H groups in total. The van der Waals surface area contributed by atoms with E-state index in [1.807, 2.05) is 19.1 Å². The molecule has 0 bridgehead atoms. The van der Waals surface area contributed by atoms with Gasteiger partial charge in [-0.25, -0.2) is 14.4 Å². The summed E-state index contributed by atoms with van der Waals surface area (Å²) >= 11 is 2.85.